The maximum absolute atomic E-state index is 14.2. The van der Waals surface area contributed by atoms with Crippen molar-refractivity contribution in [3.8, 4) is 22.3 Å². The van der Waals surface area contributed by atoms with Crippen molar-refractivity contribution in [1.82, 2.24) is 30.4 Å². The van der Waals surface area contributed by atoms with Gasteiger partial charge in [-0.1, -0.05) is 84.3 Å². The number of thiazole rings is 1. The third-order valence-electron chi connectivity index (χ3n) is 14.3. The summed E-state index contributed by atoms with van der Waals surface area (Å²) in [6.45, 7) is 23.6. The van der Waals surface area contributed by atoms with Crippen molar-refractivity contribution in [3.63, 3.8) is 0 Å². The molecule has 72 heavy (non-hydrogen) atoms. The molecule has 3 amide bonds. The summed E-state index contributed by atoms with van der Waals surface area (Å²) < 4.78 is 18.3. The largest absolute Gasteiger partial charge is 0.489 e. The van der Waals surface area contributed by atoms with E-state index in [4.69, 9.17) is 30.8 Å². The average Bonchev–Trinajstić information content (AvgIpc) is 3.94. The summed E-state index contributed by atoms with van der Waals surface area (Å²) >= 11 is 7.83. The number of β-amino-alcohol motifs (C(OH)–C–C–N with tert-alkyl or cyclic N) is 1. The number of aliphatic hydroxyl groups is 1. The van der Waals surface area contributed by atoms with Gasteiger partial charge in [-0.05, 0) is 68.5 Å². The first kappa shape index (κ1) is 54.1. The lowest BCUT2D eigenvalue weighted by Crippen LogP contribution is -2.70. The predicted octanol–water partition coefficient (Wildman–Crippen LogP) is 7.36. The molecule has 0 radical (unpaired) electrons. The SMILES string of the molecule is Cc1ncsc1-c1ccc([C@H](C)NC(=O)C2C[C@@H](O)CN2C(=O)[C@@H](NC(=O)COCCN2C[C@@H](C)N(c3ccc(C(=O)OC4C(C)(C)C(Oc5ccc(C#N)c(Cl)c5)C4(C)C)cn3)[C@@H](C)C2)C(C)(C)C)cc1. The van der Waals surface area contributed by atoms with Gasteiger partial charge in [0.2, 0.25) is 17.7 Å². The zero-order valence-corrected chi connectivity index (χ0v) is 44.8. The fourth-order valence-electron chi connectivity index (χ4n) is 11.0. The Labute approximate surface area is 432 Å². The van der Waals surface area contributed by atoms with Crippen LogP contribution in [-0.2, 0) is 23.9 Å². The first-order valence-electron chi connectivity index (χ1n) is 24.6. The summed E-state index contributed by atoms with van der Waals surface area (Å²) in [5, 5.41) is 26.2. The Morgan fingerprint density at radius 3 is 2.22 bits per heavy atom. The van der Waals surface area contributed by atoms with E-state index in [1.807, 2.05) is 98.2 Å². The highest BCUT2D eigenvalue weighted by Crippen LogP contribution is 2.57. The van der Waals surface area contributed by atoms with E-state index in [2.05, 4.69) is 45.3 Å². The maximum atomic E-state index is 14.2. The third-order valence-corrected chi connectivity index (χ3v) is 15.6. The van der Waals surface area contributed by atoms with Gasteiger partial charge in [-0.3, -0.25) is 19.3 Å². The van der Waals surface area contributed by atoms with E-state index in [0.29, 0.717) is 41.5 Å². The number of aromatic nitrogens is 2. The summed E-state index contributed by atoms with van der Waals surface area (Å²) in [5.41, 5.74) is 3.68. The van der Waals surface area contributed by atoms with Crippen molar-refractivity contribution in [2.24, 2.45) is 16.2 Å². The predicted molar refractivity (Wildman–Crippen MR) is 277 cm³/mol. The van der Waals surface area contributed by atoms with Crippen LogP contribution in [0.5, 0.6) is 5.75 Å². The topological polar surface area (TPSA) is 200 Å². The van der Waals surface area contributed by atoms with E-state index in [1.54, 1.807) is 41.8 Å². The van der Waals surface area contributed by atoms with Crippen LogP contribution < -0.4 is 20.3 Å². The van der Waals surface area contributed by atoms with Crippen molar-refractivity contribution in [2.45, 2.75) is 131 Å². The lowest BCUT2D eigenvalue weighted by Gasteiger charge is -2.61. The highest BCUT2D eigenvalue weighted by molar-refractivity contribution is 7.13. The zero-order valence-electron chi connectivity index (χ0n) is 43.2. The summed E-state index contributed by atoms with van der Waals surface area (Å²) in [4.78, 5) is 70.8. The van der Waals surface area contributed by atoms with Crippen molar-refractivity contribution in [3.05, 3.63) is 93.7 Å². The standard InChI is InChI=1S/C54H69ClN8O8S/c1-31-26-61(27-32(2)63(31)43-19-17-38(25-57-43)49(68)71-51-53(8,9)50(54(51,10)11)70-40-18-16-37(24-56)41(55)23-40)20-21-69-29-44(65)60-46(52(5,6)7)48(67)62-28-39(64)22-42(62)47(66)59-33(3)35-12-14-36(15-13-35)45-34(4)58-30-72-45/h12-19,23,25,30-33,39,42,46,50-51,64H,20-22,26-29H2,1-11H3,(H,59,66)(H,60,65)/t31-,32+,33-,39+,42?,46+,50?,51?/m0/s1. The number of benzene rings is 2. The van der Waals surface area contributed by atoms with Crippen LogP contribution in [0.15, 0.2) is 66.3 Å². The number of rotatable bonds is 16. The highest BCUT2D eigenvalue weighted by atomic mass is 35.5. The molecule has 3 N–H and O–H groups in total. The number of anilines is 1. The number of nitrogens with zero attached hydrogens (tertiary/aromatic N) is 6. The number of hydrogen-bond donors (Lipinski definition) is 3. The Hall–Kier alpha value is -5.64. The number of aliphatic hydroxyl groups excluding tert-OH is 1. The average molecular weight is 1030 g/mol. The van der Waals surface area contributed by atoms with E-state index in [9.17, 15) is 29.5 Å². The number of nitriles is 1. The normalized spacial score (nSPS) is 23.6. The van der Waals surface area contributed by atoms with Crippen LogP contribution in [0.3, 0.4) is 0 Å². The van der Waals surface area contributed by atoms with Gasteiger partial charge in [-0.25, -0.2) is 14.8 Å². The molecule has 16 nitrogen and oxygen atoms in total. The molecular formula is C54H69ClN8O8S. The van der Waals surface area contributed by atoms with Gasteiger partial charge in [0.25, 0.3) is 0 Å². The highest BCUT2D eigenvalue weighted by Gasteiger charge is 2.66. The molecule has 2 saturated heterocycles. The Kier molecular flexibility index (Phi) is 16.4. The van der Waals surface area contributed by atoms with Crippen molar-refractivity contribution in [1.29, 1.82) is 5.26 Å². The van der Waals surface area contributed by atoms with Gasteiger partial charge < -0.3 is 39.8 Å². The molecule has 1 saturated carbocycles. The van der Waals surface area contributed by atoms with Crippen LogP contribution in [0.4, 0.5) is 5.82 Å². The molecule has 3 aliphatic rings. The zero-order chi connectivity index (χ0) is 52.4. The number of carbonyl (C=O) groups excluding carboxylic acids is 4. The van der Waals surface area contributed by atoms with Crippen molar-refractivity contribution < 1.29 is 38.5 Å². The van der Waals surface area contributed by atoms with Gasteiger partial charge in [0.05, 0.1) is 51.0 Å². The lowest BCUT2D eigenvalue weighted by molar-refractivity contribution is -0.236. The molecule has 3 fully saturated rings. The van der Waals surface area contributed by atoms with Gasteiger partial charge >= 0.3 is 5.97 Å². The maximum Gasteiger partial charge on any atom is 0.340 e. The Bertz CT molecular complexity index is 2620. The molecule has 2 aromatic heterocycles. The number of aryl methyl sites for hydroxylation is 1. The molecule has 4 heterocycles. The Balaban J connectivity index is 0.860. The first-order chi connectivity index (χ1) is 33.9. The quantitative estimate of drug-likeness (QED) is 0.0744. The number of likely N-dealkylation sites (tertiary alicyclic amines) is 1. The number of esters is 1. The smallest absolute Gasteiger partial charge is 0.340 e. The van der Waals surface area contributed by atoms with Gasteiger partial charge in [0.15, 0.2) is 0 Å². The molecule has 2 aliphatic heterocycles. The summed E-state index contributed by atoms with van der Waals surface area (Å²) in [6.07, 6.45) is 0.0267. The van der Waals surface area contributed by atoms with Crippen LogP contribution in [0, 0.1) is 34.5 Å². The second-order valence-corrected chi connectivity index (χ2v) is 23.1. The van der Waals surface area contributed by atoms with E-state index in [1.165, 1.54) is 4.90 Å². The minimum absolute atomic E-state index is 0.0246. The van der Waals surface area contributed by atoms with Crippen LogP contribution in [0.2, 0.25) is 5.02 Å². The number of pyridine rings is 1. The Morgan fingerprint density at radius 1 is 0.958 bits per heavy atom. The number of halogens is 1. The number of hydrogen-bond acceptors (Lipinski definition) is 14. The van der Waals surface area contributed by atoms with Crippen LogP contribution in [0.25, 0.3) is 10.4 Å². The van der Waals surface area contributed by atoms with Gasteiger partial charge in [-0.15, -0.1) is 11.3 Å². The molecule has 1 unspecified atom stereocenters. The van der Waals surface area contributed by atoms with Crippen LogP contribution >= 0.6 is 22.9 Å². The molecule has 2 aromatic carbocycles. The van der Waals surface area contributed by atoms with E-state index in [0.717, 1.165) is 27.5 Å². The Morgan fingerprint density at radius 2 is 1.64 bits per heavy atom. The molecule has 0 bridgehead atoms. The summed E-state index contributed by atoms with van der Waals surface area (Å²) in [5.74, 6) is -0.447. The lowest BCUT2D eigenvalue weighted by atomic mass is 9.51. The molecular weight excluding hydrogens is 956 g/mol. The number of piperazine rings is 1. The molecule has 1 aliphatic carbocycles. The number of amides is 3. The van der Waals surface area contributed by atoms with Crippen molar-refractivity contribution in [2.75, 3.05) is 44.3 Å². The fourth-order valence-corrected chi connectivity index (χ4v) is 12.0. The second-order valence-electron chi connectivity index (χ2n) is 21.9. The number of nitrogens with one attached hydrogen (secondary N) is 2. The molecule has 7 rings (SSSR count). The third kappa shape index (κ3) is 11.7. The van der Waals surface area contributed by atoms with Crippen LogP contribution in [0.1, 0.15) is 109 Å². The number of ether oxygens (including phenoxy) is 3. The molecule has 18 heteroatoms. The number of carbonyl (C=O) groups is 4. The molecule has 0 spiro atoms. The summed E-state index contributed by atoms with van der Waals surface area (Å²) in [6, 6.07) is 16.5. The van der Waals surface area contributed by atoms with Gasteiger partial charge in [0, 0.05) is 67.8 Å². The fraction of sp³-hybridized carbons (Fsp3) is 0.537. The van der Waals surface area contributed by atoms with Crippen LogP contribution in [-0.4, -0.2) is 130 Å². The minimum Gasteiger partial charge on any atom is -0.489 e. The molecule has 4 aromatic rings. The minimum atomic E-state index is -0.977. The van der Waals surface area contributed by atoms with Gasteiger partial charge in [0.1, 0.15) is 48.5 Å². The van der Waals surface area contributed by atoms with Crippen molar-refractivity contribution >= 4 is 52.4 Å². The van der Waals surface area contributed by atoms with E-state index < -0.39 is 58.3 Å². The molecule has 386 valence electrons. The summed E-state index contributed by atoms with van der Waals surface area (Å²) in [7, 11) is 0. The van der Waals surface area contributed by atoms with Gasteiger partial charge in [-0.2, -0.15) is 5.26 Å². The monoisotopic (exact) mass is 1020 g/mol. The molecule has 6 atom stereocenters. The van der Waals surface area contributed by atoms with E-state index in [-0.39, 0.29) is 56.3 Å². The first-order valence-corrected chi connectivity index (χ1v) is 25.9. The second kappa shape index (κ2) is 21.8. The van der Waals surface area contributed by atoms with E-state index >= 15 is 0 Å².